The number of hydrogen-bond acceptors (Lipinski definition) is 4. The zero-order valence-corrected chi connectivity index (χ0v) is 17.1. The number of rotatable bonds is 6. The number of piperidine rings is 1. The summed E-state index contributed by atoms with van der Waals surface area (Å²) in [6, 6.07) is 5.71. The van der Waals surface area contributed by atoms with Crippen LogP contribution in [0.2, 0.25) is 0 Å². The number of ether oxygens (including phenoxy) is 2. The van der Waals surface area contributed by atoms with Crippen molar-refractivity contribution in [1.29, 1.82) is 0 Å². The molecule has 0 radical (unpaired) electrons. The molecule has 1 heterocycles. The van der Waals surface area contributed by atoms with Gasteiger partial charge in [0.1, 0.15) is 0 Å². The van der Waals surface area contributed by atoms with Gasteiger partial charge >= 0.3 is 0 Å². The third-order valence-corrected chi connectivity index (χ3v) is 4.71. The lowest BCUT2D eigenvalue weighted by atomic mass is 9.91. The minimum Gasteiger partial charge on any atom is -0.493 e. The van der Waals surface area contributed by atoms with Gasteiger partial charge in [-0.25, -0.2) is 0 Å². The number of benzene rings is 1. The monoisotopic (exact) mass is 376 g/mol. The van der Waals surface area contributed by atoms with E-state index in [0.29, 0.717) is 37.4 Å². The molecule has 1 aliphatic heterocycles. The van der Waals surface area contributed by atoms with Crippen LogP contribution in [0.25, 0.3) is 0 Å². The van der Waals surface area contributed by atoms with Gasteiger partial charge in [0, 0.05) is 25.6 Å². The van der Waals surface area contributed by atoms with E-state index in [1.807, 2.05) is 23.1 Å². The Morgan fingerprint density at radius 1 is 1.11 bits per heavy atom. The standard InChI is InChI=1S/C21H32N2O4/c1-21(2,3)14-19(24)22-16-8-10-23(11-9-16)20(25)13-15-6-7-17(26-4)18(12-15)27-5/h6-7,12,16H,8-11,13-14H2,1-5H3,(H,22,24). The molecular weight excluding hydrogens is 344 g/mol. The summed E-state index contributed by atoms with van der Waals surface area (Å²) >= 11 is 0. The third-order valence-electron chi connectivity index (χ3n) is 4.71. The molecule has 1 N–H and O–H groups in total. The molecule has 0 atom stereocenters. The number of hydrogen-bond donors (Lipinski definition) is 1. The topological polar surface area (TPSA) is 67.9 Å². The summed E-state index contributed by atoms with van der Waals surface area (Å²) in [4.78, 5) is 26.6. The van der Waals surface area contributed by atoms with Crippen molar-refractivity contribution in [2.45, 2.75) is 52.5 Å². The van der Waals surface area contributed by atoms with Crippen LogP contribution in [0.15, 0.2) is 18.2 Å². The van der Waals surface area contributed by atoms with E-state index in [2.05, 4.69) is 26.1 Å². The van der Waals surface area contributed by atoms with Gasteiger partial charge in [-0.3, -0.25) is 9.59 Å². The highest BCUT2D eigenvalue weighted by molar-refractivity contribution is 5.79. The molecule has 0 aliphatic carbocycles. The molecule has 1 aromatic rings. The molecule has 0 unspecified atom stereocenters. The van der Waals surface area contributed by atoms with Gasteiger partial charge in [-0.15, -0.1) is 0 Å². The minimum absolute atomic E-state index is 0.0137. The Labute approximate surface area is 162 Å². The quantitative estimate of drug-likeness (QED) is 0.829. The van der Waals surface area contributed by atoms with Crippen molar-refractivity contribution in [2.75, 3.05) is 27.3 Å². The van der Waals surface area contributed by atoms with Gasteiger partial charge in [0.25, 0.3) is 0 Å². The second-order valence-corrected chi connectivity index (χ2v) is 8.33. The molecule has 1 aliphatic rings. The molecular formula is C21H32N2O4. The highest BCUT2D eigenvalue weighted by Gasteiger charge is 2.25. The molecule has 0 saturated carbocycles. The Balaban J connectivity index is 1.84. The molecule has 6 nitrogen and oxygen atoms in total. The molecule has 27 heavy (non-hydrogen) atoms. The zero-order chi connectivity index (χ0) is 20.0. The second-order valence-electron chi connectivity index (χ2n) is 8.33. The van der Waals surface area contributed by atoms with Crippen molar-refractivity contribution in [2.24, 2.45) is 5.41 Å². The smallest absolute Gasteiger partial charge is 0.226 e. The fourth-order valence-electron chi connectivity index (χ4n) is 3.31. The first-order valence-electron chi connectivity index (χ1n) is 9.50. The SMILES string of the molecule is COc1ccc(CC(=O)N2CCC(NC(=O)CC(C)(C)C)CC2)cc1OC. The highest BCUT2D eigenvalue weighted by Crippen LogP contribution is 2.28. The number of amides is 2. The molecule has 150 valence electrons. The van der Waals surface area contributed by atoms with Gasteiger partial charge < -0.3 is 19.7 Å². The van der Waals surface area contributed by atoms with Crippen LogP contribution >= 0.6 is 0 Å². The molecule has 1 saturated heterocycles. The van der Waals surface area contributed by atoms with E-state index < -0.39 is 0 Å². The third kappa shape index (κ3) is 6.45. The molecule has 0 aromatic heterocycles. The van der Waals surface area contributed by atoms with Crippen LogP contribution in [0, 0.1) is 5.41 Å². The second kappa shape index (κ2) is 9.11. The van der Waals surface area contributed by atoms with Gasteiger partial charge in [-0.05, 0) is 36.0 Å². The number of likely N-dealkylation sites (tertiary alicyclic amines) is 1. The fraction of sp³-hybridized carbons (Fsp3) is 0.619. The maximum absolute atomic E-state index is 12.6. The number of carbonyl (C=O) groups excluding carboxylic acids is 2. The predicted molar refractivity (Wildman–Crippen MR) is 105 cm³/mol. The van der Waals surface area contributed by atoms with Gasteiger partial charge in [-0.2, -0.15) is 0 Å². The van der Waals surface area contributed by atoms with Crippen molar-refractivity contribution >= 4 is 11.8 Å². The summed E-state index contributed by atoms with van der Waals surface area (Å²) < 4.78 is 10.5. The van der Waals surface area contributed by atoms with Gasteiger partial charge in [0.15, 0.2) is 11.5 Å². The lowest BCUT2D eigenvalue weighted by Gasteiger charge is -2.33. The van der Waals surface area contributed by atoms with Crippen LogP contribution in [0.3, 0.4) is 0 Å². The van der Waals surface area contributed by atoms with E-state index in [-0.39, 0.29) is 23.3 Å². The summed E-state index contributed by atoms with van der Waals surface area (Å²) in [7, 11) is 3.18. The summed E-state index contributed by atoms with van der Waals surface area (Å²) in [5.41, 5.74) is 0.887. The molecule has 1 fully saturated rings. The highest BCUT2D eigenvalue weighted by atomic mass is 16.5. The Morgan fingerprint density at radius 2 is 1.74 bits per heavy atom. The van der Waals surface area contributed by atoms with Crippen molar-refractivity contribution in [3.05, 3.63) is 23.8 Å². The van der Waals surface area contributed by atoms with E-state index in [1.165, 1.54) is 0 Å². The Hall–Kier alpha value is -2.24. The normalized spacial score (nSPS) is 15.4. The minimum atomic E-state index is -0.0137. The van der Waals surface area contributed by atoms with Crippen LogP contribution < -0.4 is 14.8 Å². The number of nitrogens with one attached hydrogen (secondary N) is 1. The molecule has 0 bridgehead atoms. The summed E-state index contributed by atoms with van der Waals surface area (Å²) in [6.07, 6.45) is 2.45. The van der Waals surface area contributed by atoms with Crippen LogP contribution in [0.1, 0.15) is 45.6 Å². The van der Waals surface area contributed by atoms with Crippen LogP contribution in [-0.2, 0) is 16.0 Å². The summed E-state index contributed by atoms with van der Waals surface area (Å²) in [6.45, 7) is 7.52. The van der Waals surface area contributed by atoms with Crippen LogP contribution in [0.5, 0.6) is 11.5 Å². The first-order valence-corrected chi connectivity index (χ1v) is 9.50. The van der Waals surface area contributed by atoms with E-state index in [4.69, 9.17) is 9.47 Å². The maximum Gasteiger partial charge on any atom is 0.226 e. The molecule has 0 spiro atoms. The number of nitrogens with zero attached hydrogens (tertiary/aromatic N) is 1. The molecule has 1 aromatic carbocycles. The maximum atomic E-state index is 12.6. The van der Waals surface area contributed by atoms with Crippen molar-refractivity contribution in [3.8, 4) is 11.5 Å². The molecule has 6 heteroatoms. The average Bonchev–Trinajstić information content (AvgIpc) is 2.60. The fourth-order valence-corrected chi connectivity index (χ4v) is 3.31. The summed E-state index contributed by atoms with van der Waals surface area (Å²) in [5.74, 6) is 1.47. The Morgan fingerprint density at radius 3 is 2.30 bits per heavy atom. The van der Waals surface area contributed by atoms with E-state index >= 15 is 0 Å². The van der Waals surface area contributed by atoms with Crippen LogP contribution in [0.4, 0.5) is 0 Å². The van der Waals surface area contributed by atoms with E-state index in [0.717, 1.165) is 18.4 Å². The number of methoxy groups -OCH3 is 2. The lowest BCUT2D eigenvalue weighted by Crippen LogP contribution is -2.47. The van der Waals surface area contributed by atoms with E-state index in [9.17, 15) is 9.59 Å². The zero-order valence-electron chi connectivity index (χ0n) is 17.1. The van der Waals surface area contributed by atoms with Gasteiger partial charge in [0.2, 0.25) is 11.8 Å². The first-order chi connectivity index (χ1) is 12.7. The van der Waals surface area contributed by atoms with Crippen molar-refractivity contribution < 1.29 is 19.1 Å². The Kier molecular flexibility index (Phi) is 7.11. The van der Waals surface area contributed by atoms with Crippen molar-refractivity contribution in [1.82, 2.24) is 10.2 Å². The predicted octanol–water partition coefficient (Wildman–Crippen LogP) is 2.79. The Bertz CT molecular complexity index is 659. The van der Waals surface area contributed by atoms with Crippen molar-refractivity contribution in [3.63, 3.8) is 0 Å². The van der Waals surface area contributed by atoms with Gasteiger partial charge in [-0.1, -0.05) is 26.8 Å². The lowest BCUT2D eigenvalue weighted by molar-refractivity contribution is -0.131. The number of carbonyl (C=O) groups is 2. The average molecular weight is 376 g/mol. The van der Waals surface area contributed by atoms with Crippen LogP contribution in [-0.4, -0.2) is 50.1 Å². The summed E-state index contributed by atoms with van der Waals surface area (Å²) in [5, 5.41) is 3.10. The first kappa shape index (κ1) is 21.1. The molecule has 2 rings (SSSR count). The molecule has 2 amide bonds. The van der Waals surface area contributed by atoms with E-state index in [1.54, 1.807) is 14.2 Å². The van der Waals surface area contributed by atoms with Gasteiger partial charge in [0.05, 0.1) is 20.6 Å². The largest absolute Gasteiger partial charge is 0.493 e.